The van der Waals surface area contributed by atoms with E-state index < -0.39 is 17.4 Å². The molecule has 0 rings (SSSR count). The summed E-state index contributed by atoms with van der Waals surface area (Å²) in [6.45, 7) is 8.29. The fraction of sp³-hybridized carbons (Fsp3) is 0.700. The van der Waals surface area contributed by atoms with Crippen LogP contribution in [0.1, 0.15) is 41.0 Å². The monoisotopic (exact) mass is 201 g/mol. The third-order valence-corrected chi connectivity index (χ3v) is 1.40. The normalized spacial score (nSPS) is 11.3. The van der Waals surface area contributed by atoms with Gasteiger partial charge in [0.05, 0.1) is 5.41 Å². The summed E-state index contributed by atoms with van der Waals surface area (Å²) < 4.78 is 9.52. The Kier molecular flexibility index (Phi) is 4.60. The zero-order valence-electron chi connectivity index (χ0n) is 9.34. The summed E-state index contributed by atoms with van der Waals surface area (Å²) in [5.41, 5.74) is -0.597. The number of esters is 2. The van der Waals surface area contributed by atoms with E-state index in [4.69, 9.17) is 9.47 Å². The Labute approximate surface area is 84.6 Å². The summed E-state index contributed by atoms with van der Waals surface area (Å²) in [7, 11) is 0. The number of carbonyl (C=O) groups excluding carboxylic acids is 2. The zero-order chi connectivity index (χ0) is 11.4. The van der Waals surface area contributed by atoms with Crippen LogP contribution in [-0.4, -0.2) is 11.9 Å². The first-order valence-corrected chi connectivity index (χ1v) is 4.54. The molecule has 4 nitrogen and oxygen atoms in total. The predicted molar refractivity (Wildman–Crippen MR) is 50.8 cm³/mol. The first-order valence-electron chi connectivity index (χ1n) is 4.54. The number of hydrogen-bond donors (Lipinski definition) is 0. The average Bonchev–Trinajstić information content (AvgIpc) is 2.02. The number of hydrogen-bond acceptors (Lipinski definition) is 4. The quantitative estimate of drug-likeness (QED) is 0.655. The van der Waals surface area contributed by atoms with Gasteiger partial charge < -0.3 is 9.47 Å². The van der Waals surface area contributed by atoms with E-state index in [0.29, 0.717) is 0 Å². The van der Waals surface area contributed by atoms with E-state index in [0.717, 1.165) is 0 Å². The maximum absolute atomic E-state index is 11.3. The van der Waals surface area contributed by atoms with Crippen molar-refractivity contribution < 1.29 is 19.1 Å². The Morgan fingerprint density at radius 1 is 1.14 bits per heavy atom. The molecule has 0 aromatic carbocycles. The second kappa shape index (κ2) is 4.98. The van der Waals surface area contributed by atoms with Crippen LogP contribution in [0.3, 0.4) is 0 Å². The van der Waals surface area contributed by atoms with Crippen LogP contribution in [0.25, 0.3) is 0 Å². The fourth-order valence-electron chi connectivity index (χ4n) is 0.537. The lowest BCUT2D eigenvalue weighted by molar-refractivity contribution is -0.169. The Hall–Kier alpha value is -1.06. The van der Waals surface area contributed by atoms with E-state index in [-0.39, 0.29) is 12.7 Å². The Balaban J connectivity index is 4.01. The lowest BCUT2D eigenvalue weighted by atomic mass is 9.97. The molecule has 0 bridgehead atoms. The van der Waals surface area contributed by atoms with Crippen LogP contribution in [0, 0.1) is 11.7 Å². The van der Waals surface area contributed by atoms with Crippen LogP contribution in [0.2, 0.25) is 0 Å². The molecular formula is C10H17O4. The van der Waals surface area contributed by atoms with E-state index in [1.165, 1.54) is 6.92 Å². The minimum absolute atomic E-state index is 0.0169. The molecule has 0 aromatic rings. The molecule has 0 aliphatic rings. The second-order valence-electron chi connectivity index (χ2n) is 3.96. The topological polar surface area (TPSA) is 52.6 Å². The highest BCUT2D eigenvalue weighted by Gasteiger charge is 2.26. The van der Waals surface area contributed by atoms with Crippen LogP contribution in [0.15, 0.2) is 0 Å². The van der Waals surface area contributed by atoms with Crippen molar-refractivity contribution in [3.63, 3.8) is 0 Å². The molecule has 14 heavy (non-hydrogen) atoms. The summed E-state index contributed by atoms with van der Waals surface area (Å²) in [6, 6.07) is 0. The molecule has 4 heteroatoms. The number of rotatable bonds is 3. The van der Waals surface area contributed by atoms with Crippen molar-refractivity contribution in [2.24, 2.45) is 5.41 Å². The van der Waals surface area contributed by atoms with Gasteiger partial charge in [0.2, 0.25) is 0 Å². The lowest BCUT2D eigenvalue weighted by Gasteiger charge is -2.19. The van der Waals surface area contributed by atoms with Crippen LogP contribution in [0.4, 0.5) is 0 Å². The second-order valence-corrected chi connectivity index (χ2v) is 3.96. The third-order valence-electron chi connectivity index (χ3n) is 1.40. The van der Waals surface area contributed by atoms with Gasteiger partial charge in [-0.1, -0.05) is 6.92 Å². The maximum atomic E-state index is 11.3. The van der Waals surface area contributed by atoms with Crippen molar-refractivity contribution in [3.8, 4) is 0 Å². The summed E-state index contributed by atoms with van der Waals surface area (Å²) in [5.74, 6) is -0.830. The molecular weight excluding hydrogens is 184 g/mol. The van der Waals surface area contributed by atoms with Gasteiger partial charge in [-0.25, -0.2) is 0 Å². The molecule has 81 valence electrons. The highest BCUT2D eigenvalue weighted by molar-refractivity contribution is 5.76. The van der Waals surface area contributed by atoms with Gasteiger partial charge in [-0.3, -0.25) is 9.59 Å². The summed E-state index contributed by atoms with van der Waals surface area (Å²) in [4.78, 5) is 22.1. The number of carbonyl (C=O) groups is 2. The van der Waals surface area contributed by atoms with Gasteiger partial charge in [-0.2, -0.15) is 0 Å². The molecule has 0 aliphatic carbocycles. The van der Waals surface area contributed by atoms with E-state index in [1.807, 2.05) is 0 Å². The summed E-state index contributed by atoms with van der Waals surface area (Å²) in [5, 5.41) is 0. The number of ether oxygens (including phenoxy) is 2. The van der Waals surface area contributed by atoms with Crippen LogP contribution in [0.5, 0.6) is 0 Å². The smallest absolute Gasteiger partial charge is 0.331 e. The van der Waals surface area contributed by atoms with E-state index in [9.17, 15) is 9.59 Å². The van der Waals surface area contributed by atoms with E-state index in [1.54, 1.807) is 27.7 Å². The van der Waals surface area contributed by atoms with E-state index >= 15 is 0 Å². The van der Waals surface area contributed by atoms with Gasteiger partial charge in [0.1, 0.15) is 0 Å². The minimum Gasteiger partial charge on any atom is -0.415 e. The summed E-state index contributed by atoms with van der Waals surface area (Å²) >= 11 is 0. The summed E-state index contributed by atoms with van der Waals surface area (Å²) in [6.07, 6.45) is 0.237. The van der Waals surface area contributed by atoms with E-state index in [2.05, 4.69) is 0 Å². The molecule has 0 unspecified atom stereocenters. The largest absolute Gasteiger partial charge is 0.415 e. The average molecular weight is 201 g/mol. The van der Waals surface area contributed by atoms with Crippen LogP contribution >= 0.6 is 0 Å². The van der Waals surface area contributed by atoms with Crippen molar-refractivity contribution in [3.05, 3.63) is 6.29 Å². The zero-order valence-corrected chi connectivity index (χ0v) is 9.34. The van der Waals surface area contributed by atoms with Crippen molar-refractivity contribution in [1.29, 1.82) is 0 Å². The van der Waals surface area contributed by atoms with Gasteiger partial charge in [-0.05, 0) is 20.8 Å². The highest BCUT2D eigenvalue weighted by Crippen LogP contribution is 2.18. The highest BCUT2D eigenvalue weighted by atomic mass is 16.7. The predicted octanol–water partition coefficient (Wildman–Crippen LogP) is 2.04. The Bertz CT molecular complexity index is 215. The molecule has 0 aliphatic heterocycles. The van der Waals surface area contributed by atoms with Gasteiger partial charge in [0.25, 0.3) is 0 Å². The molecule has 0 spiro atoms. The van der Waals surface area contributed by atoms with Crippen LogP contribution in [-0.2, 0) is 19.1 Å². The van der Waals surface area contributed by atoms with Gasteiger partial charge in [0.15, 0.2) is 0 Å². The molecule has 0 saturated carbocycles. The van der Waals surface area contributed by atoms with Crippen molar-refractivity contribution in [2.75, 3.05) is 0 Å². The van der Waals surface area contributed by atoms with Crippen molar-refractivity contribution >= 4 is 11.9 Å². The molecule has 0 aromatic heterocycles. The minimum atomic E-state index is -0.597. The van der Waals surface area contributed by atoms with Crippen molar-refractivity contribution in [1.82, 2.24) is 0 Å². The molecule has 0 atom stereocenters. The molecule has 0 heterocycles. The molecule has 1 radical (unpaired) electrons. The molecule has 0 N–H and O–H groups in total. The third kappa shape index (κ3) is 4.84. The van der Waals surface area contributed by atoms with Crippen LogP contribution < -0.4 is 0 Å². The lowest BCUT2D eigenvalue weighted by Crippen LogP contribution is -2.25. The molecule has 0 fully saturated rings. The standard InChI is InChI=1S/C10H17O4/c1-6-8(11)13-7(2)14-9(12)10(3,4)5/h6H2,1-5H3. The molecule has 0 amide bonds. The maximum Gasteiger partial charge on any atom is 0.331 e. The van der Waals surface area contributed by atoms with Crippen molar-refractivity contribution in [2.45, 2.75) is 41.0 Å². The SMILES string of the molecule is CCC(=O)O[C](C)OC(=O)C(C)(C)C. The fourth-order valence-corrected chi connectivity index (χ4v) is 0.537. The first-order chi connectivity index (χ1) is 6.27. The Morgan fingerprint density at radius 3 is 2.00 bits per heavy atom. The van der Waals surface area contributed by atoms with Gasteiger partial charge >= 0.3 is 18.2 Å². The Morgan fingerprint density at radius 2 is 1.64 bits per heavy atom. The van der Waals surface area contributed by atoms with Gasteiger partial charge in [0, 0.05) is 13.3 Å². The molecule has 0 saturated heterocycles. The van der Waals surface area contributed by atoms with Gasteiger partial charge in [-0.15, -0.1) is 0 Å². The first kappa shape index (κ1) is 12.9.